The molecule has 2 heterocycles. The van der Waals surface area contributed by atoms with E-state index in [-0.39, 0.29) is 11.9 Å². The second kappa shape index (κ2) is 8.20. The average molecular weight is 379 g/mol. The van der Waals surface area contributed by atoms with Crippen LogP contribution in [0.5, 0.6) is 5.75 Å². The minimum atomic E-state index is -0.504. The normalized spacial score (nSPS) is 16.3. The van der Waals surface area contributed by atoms with Crippen LogP contribution in [0.25, 0.3) is 5.69 Å². The van der Waals surface area contributed by atoms with Gasteiger partial charge in [0.05, 0.1) is 23.9 Å². The van der Waals surface area contributed by atoms with Crippen molar-refractivity contribution < 1.29 is 14.3 Å². The lowest BCUT2D eigenvalue weighted by Gasteiger charge is -2.12. The van der Waals surface area contributed by atoms with Crippen LogP contribution >= 0.6 is 11.6 Å². The lowest BCUT2D eigenvalue weighted by Crippen LogP contribution is -2.37. The highest BCUT2D eigenvalue weighted by molar-refractivity contribution is 6.32. The van der Waals surface area contributed by atoms with Gasteiger partial charge in [0, 0.05) is 25.5 Å². The fraction of sp³-hybridized carbons (Fsp3) is 0.353. The van der Waals surface area contributed by atoms with Gasteiger partial charge in [-0.1, -0.05) is 11.6 Å². The number of methoxy groups -OCH3 is 1. The van der Waals surface area contributed by atoms with Gasteiger partial charge in [0.25, 0.3) is 5.56 Å². The fourth-order valence-corrected chi connectivity index (χ4v) is 2.92. The van der Waals surface area contributed by atoms with E-state index < -0.39 is 11.6 Å². The van der Waals surface area contributed by atoms with Crippen molar-refractivity contribution in [1.82, 2.24) is 14.9 Å². The maximum absolute atomic E-state index is 12.6. The number of nitrogens with one attached hydrogen (secondary N) is 2. The van der Waals surface area contributed by atoms with E-state index in [0.29, 0.717) is 29.6 Å². The Hall–Kier alpha value is -2.58. The number of anilines is 1. The monoisotopic (exact) mass is 378 g/mol. The summed E-state index contributed by atoms with van der Waals surface area (Å²) in [7, 11) is 1.51. The summed E-state index contributed by atoms with van der Waals surface area (Å²) >= 11 is 6.11. The first-order valence-corrected chi connectivity index (χ1v) is 8.54. The SMILES string of the molecule is COc1ccc(-n2ccnc(NC(=O)NCC3CCCO3)c2=O)cc1Cl. The molecule has 138 valence electrons. The molecule has 26 heavy (non-hydrogen) atoms. The highest BCUT2D eigenvalue weighted by Gasteiger charge is 2.17. The topological polar surface area (TPSA) is 94.5 Å². The van der Waals surface area contributed by atoms with Crippen molar-refractivity contribution in [2.24, 2.45) is 0 Å². The summed E-state index contributed by atoms with van der Waals surface area (Å²) in [5, 5.41) is 5.53. The number of amides is 2. The number of carbonyl (C=O) groups is 1. The summed E-state index contributed by atoms with van der Waals surface area (Å²) in [4.78, 5) is 28.5. The molecule has 1 aliphatic heterocycles. The fourth-order valence-electron chi connectivity index (χ4n) is 2.67. The Kier molecular flexibility index (Phi) is 5.75. The van der Waals surface area contributed by atoms with Crippen molar-refractivity contribution in [1.29, 1.82) is 0 Å². The molecule has 2 amide bonds. The predicted octanol–water partition coefficient (Wildman–Crippen LogP) is 2.20. The number of benzene rings is 1. The molecule has 0 bridgehead atoms. The van der Waals surface area contributed by atoms with Gasteiger partial charge in [-0.15, -0.1) is 0 Å². The summed E-state index contributed by atoms with van der Waals surface area (Å²) in [6.45, 7) is 1.10. The van der Waals surface area contributed by atoms with E-state index in [2.05, 4.69) is 15.6 Å². The van der Waals surface area contributed by atoms with Crippen LogP contribution < -0.4 is 20.9 Å². The van der Waals surface area contributed by atoms with Crippen LogP contribution in [0, 0.1) is 0 Å². The first-order valence-electron chi connectivity index (χ1n) is 8.16. The molecular weight excluding hydrogens is 360 g/mol. The Labute approximate surface area is 155 Å². The molecule has 1 fully saturated rings. The number of rotatable bonds is 5. The Balaban J connectivity index is 1.73. The molecule has 2 aromatic rings. The molecule has 8 nitrogen and oxygen atoms in total. The molecule has 1 aromatic heterocycles. The molecule has 0 radical (unpaired) electrons. The molecule has 1 saturated heterocycles. The van der Waals surface area contributed by atoms with E-state index in [1.54, 1.807) is 18.2 Å². The lowest BCUT2D eigenvalue weighted by atomic mass is 10.2. The maximum atomic E-state index is 12.6. The number of halogens is 1. The number of nitrogens with zero attached hydrogens (tertiary/aromatic N) is 2. The van der Waals surface area contributed by atoms with Gasteiger partial charge in [-0.3, -0.25) is 14.7 Å². The molecule has 1 aromatic carbocycles. The third kappa shape index (κ3) is 4.14. The first kappa shape index (κ1) is 18.2. The van der Waals surface area contributed by atoms with E-state index in [1.807, 2.05) is 0 Å². The average Bonchev–Trinajstić information content (AvgIpc) is 3.15. The van der Waals surface area contributed by atoms with Gasteiger partial charge in [0.1, 0.15) is 5.75 Å². The summed E-state index contributed by atoms with van der Waals surface area (Å²) in [6.07, 6.45) is 4.84. The van der Waals surface area contributed by atoms with Crippen LogP contribution in [-0.4, -0.2) is 41.9 Å². The van der Waals surface area contributed by atoms with Crippen LogP contribution in [0.2, 0.25) is 5.02 Å². The van der Waals surface area contributed by atoms with Crippen molar-refractivity contribution in [3.8, 4) is 11.4 Å². The molecule has 9 heteroatoms. The van der Waals surface area contributed by atoms with Crippen LogP contribution in [0.1, 0.15) is 12.8 Å². The molecule has 0 aliphatic carbocycles. The van der Waals surface area contributed by atoms with Gasteiger partial charge in [-0.25, -0.2) is 9.78 Å². The third-order valence-corrected chi connectivity index (χ3v) is 4.30. The van der Waals surface area contributed by atoms with Gasteiger partial charge >= 0.3 is 6.03 Å². The molecule has 1 unspecified atom stereocenters. The Morgan fingerprint density at radius 3 is 3.04 bits per heavy atom. The quantitative estimate of drug-likeness (QED) is 0.831. The number of ether oxygens (including phenoxy) is 2. The van der Waals surface area contributed by atoms with Crippen molar-refractivity contribution >= 4 is 23.4 Å². The largest absolute Gasteiger partial charge is 0.495 e. The van der Waals surface area contributed by atoms with Crippen LogP contribution in [0.4, 0.5) is 10.6 Å². The molecule has 3 rings (SSSR count). The summed E-state index contributed by atoms with van der Waals surface area (Å²) in [5.74, 6) is 0.425. The van der Waals surface area contributed by atoms with E-state index in [9.17, 15) is 9.59 Å². The predicted molar refractivity (Wildman–Crippen MR) is 97.4 cm³/mol. The highest BCUT2D eigenvalue weighted by atomic mass is 35.5. The van der Waals surface area contributed by atoms with E-state index in [4.69, 9.17) is 21.1 Å². The summed E-state index contributed by atoms with van der Waals surface area (Å²) < 4.78 is 11.9. The minimum Gasteiger partial charge on any atom is -0.495 e. The smallest absolute Gasteiger partial charge is 0.320 e. The van der Waals surface area contributed by atoms with E-state index in [1.165, 1.54) is 24.1 Å². The van der Waals surface area contributed by atoms with E-state index >= 15 is 0 Å². The standard InChI is InChI=1S/C17H19ClN4O4/c1-25-14-5-4-11(9-13(14)18)22-7-6-19-15(16(22)23)21-17(24)20-10-12-3-2-8-26-12/h4-7,9,12H,2-3,8,10H2,1H3,(H2,19,20,21,24). The second-order valence-electron chi connectivity index (χ2n) is 5.74. The molecule has 2 N–H and O–H groups in total. The zero-order valence-corrected chi connectivity index (χ0v) is 15.0. The van der Waals surface area contributed by atoms with Crippen LogP contribution in [-0.2, 0) is 4.74 Å². The van der Waals surface area contributed by atoms with Gasteiger partial charge in [-0.05, 0) is 31.0 Å². The summed E-state index contributed by atoms with van der Waals surface area (Å²) in [6, 6.07) is 4.44. The molecular formula is C17H19ClN4O4. The van der Waals surface area contributed by atoms with Gasteiger partial charge in [-0.2, -0.15) is 0 Å². The molecule has 1 atom stereocenters. The highest BCUT2D eigenvalue weighted by Crippen LogP contribution is 2.26. The van der Waals surface area contributed by atoms with Crippen molar-refractivity contribution in [2.45, 2.75) is 18.9 Å². The Morgan fingerprint density at radius 2 is 2.35 bits per heavy atom. The Morgan fingerprint density at radius 1 is 1.50 bits per heavy atom. The number of hydrogen-bond donors (Lipinski definition) is 2. The van der Waals surface area contributed by atoms with Crippen molar-refractivity contribution in [2.75, 3.05) is 25.6 Å². The maximum Gasteiger partial charge on any atom is 0.320 e. The van der Waals surface area contributed by atoms with Crippen LogP contribution in [0.15, 0.2) is 35.4 Å². The number of aromatic nitrogens is 2. The molecule has 1 aliphatic rings. The second-order valence-corrected chi connectivity index (χ2v) is 6.15. The van der Waals surface area contributed by atoms with Gasteiger partial charge < -0.3 is 14.8 Å². The van der Waals surface area contributed by atoms with Crippen molar-refractivity contribution in [3.05, 3.63) is 46.0 Å². The first-order chi connectivity index (χ1) is 12.6. The Bertz CT molecular complexity index is 849. The van der Waals surface area contributed by atoms with Gasteiger partial charge in [0.15, 0.2) is 0 Å². The zero-order chi connectivity index (χ0) is 18.5. The zero-order valence-electron chi connectivity index (χ0n) is 14.2. The summed E-state index contributed by atoms with van der Waals surface area (Å²) in [5.41, 5.74) is 0.0620. The van der Waals surface area contributed by atoms with Crippen molar-refractivity contribution in [3.63, 3.8) is 0 Å². The van der Waals surface area contributed by atoms with Crippen LogP contribution in [0.3, 0.4) is 0 Å². The molecule has 0 saturated carbocycles. The van der Waals surface area contributed by atoms with E-state index in [0.717, 1.165) is 12.8 Å². The number of urea groups is 1. The number of carbonyl (C=O) groups excluding carboxylic acids is 1. The van der Waals surface area contributed by atoms with Gasteiger partial charge in [0.2, 0.25) is 5.82 Å². The molecule has 0 spiro atoms. The third-order valence-electron chi connectivity index (χ3n) is 4.00. The number of hydrogen-bond acceptors (Lipinski definition) is 5. The minimum absolute atomic E-state index is 0.0163. The lowest BCUT2D eigenvalue weighted by molar-refractivity contribution is 0.112.